The summed E-state index contributed by atoms with van der Waals surface area (Å²) in [5.41, 5.74) is 0. The van der Waals surface area contributed by atoms with E-state index in [-0.39, 0.29) is 13.0 Å². The summed E-state index contributed by atoms with van der Waals surface area (Å²) >= 11 is 0. The number of ether oxygens (including phenoxy) is 1. The van der Waals surface area contributed by atoms with Crippen molar-refractivity contribution in [3.63, 3.8) is 0 Å². The van der Waals surface area contributed by atoms with Crippen molar-refractivity contribution in [2.45, 2.75) is 31.0 Å². The fourth-order valence-corrected chi connectivity index (χ4v) is 1.09. The minimum absolute atomic E-state index is 0.138. The smallest absolute Gasteiger partial charge is 0.183 e. The van der Waals surface area contributed by atoms with Crippen molar-refractivity contribution in [2.75, 3.05) is 6.61 Å². The highest BCUT2D eigenvalue weighted by molar-refractivity contribution is 4.85. The maximum atomic E-state index is 9.11. The van der Waals surface area contributed by atoms with Gasteiger partial charge in [-0.25, -0.2) is 0 Å². The first-order valence-electron chi connectivity index (χ1n) is 3.47. The zero-order chi connectivity index (χ0) is 8.43. The highest BCUT2D eigenvalue weighted by Crippen LogP contribution is 2.21. The molecular formula is C6H12O5. The van der Waals surface area contributed by atoms with E-state index in [2.05, 4.69) is 0 Å². The molecule has 0 aliphatic carbocycles. The van der Waals surface area contributed by atoms with E-state index in [1.165, 1.54) is 0 Å². The normalized spacial score (nSPS) is 44.7. The molecule has 1 aliphatic rings. The molecule has 11 heavy (non-hydrogen) atoms. The molecule has 4 unspecified atom stereocenters. The molecule has 66 valence electrons. The van der Waals surface area contributed by atoms with Crippen molar-refractivity contribution < 1.29 is 25.2 Å². The molecule has 5 heteroatoms. The van der Waals surface area contributed by atoms with Gasteiger partial charge in [-0.15, -0.1) is 0 Å². The van der Waals surface area contributed by atoms with E-state index in [0.717, 1.165) is 0 Å². The lowest BCUT2D eigenvalue weighted by Crippen LogP contribution is -2.32. The Morgan fingerprint density at radius 1 is 1.09 bits per heavy atom. The van der Waals surface area contributed by atoms with E-state index in [9.17, 15) is 0 Å². The Morgan fingerprint density at radius 2 is 1.73 bits per heavy atom. The number of aliphatic hydroxyl groups is 4. The van der Waals surface area contributed by atoms with Crippen LogP contribution < -0.4 is 0 Å². The van der Waals surface area contributed by atoms with Crippen molar-refractivity contribution in [1.82, 2.24) is 0 Å². The molecule has 4 atom stereocenters. The van der Waals surface area contributed by atoms with Crippen LogP contribution >= 0.6 is 0 Å². The Balaban J connectivity index is 2.45. The van der Waals surface area contributed by atoms with E-state index >= 15 is 0 Å². The SMILES string of the molecule is OCCC1OC(O)C(O)C1O. The van der Waals surface area contributed by atoms with Crippen LogP contribution in [0.25, 0.3) is 0 Å². The Morgan fingerprint density at radius 3 is 2.09 bits per heavy atom. The standard InChI is InChI=1S/C6H12O5/c7-2-1-3-4(8)5(9)6(10)11-3/h3-10H,1-2H2. The van der Waals surface area contributed by atoms with Gasteiger partial charge < -0.3 is 25.2 Å². The van der Waals surface area contributed by atoms with Gasteiger partial charge in [0.05, 0.1) is 6.10 Å². The van der Waals surface area contributed by atoms with Gasteiger partial charge in [0.15, 0.2) is 6.29 Å². The zero-order valence-corrected chi connectivity index (χ0v) is 5.92. The van der Waals surface area contributed by atoms with Crippen molar-refractivity contribution in [2.24, 2.45) is 0 Å². The summed E-state index contributed by atoms with van der Waals surface area (Å²) in [5.74, 6) is 0. The van der Waals surface area contributed by atoms with E-state index in [4.69, 9.17) is 25.2 Å². The Bertz CT molecular complexity index is 128. The van der Waals surface area contributed by atoms with Crippen LogP contribution in [-0.4, -0.2) is 51.6 Å². The predicted octanol–water partition coefficient (Wildman–Crippen LogP) is -2.19. The maximum absolute atomic E-state index is 9.11. The number of hydrogen-bond acceptors (Lipinski definition) is 5. The lowest BCUT2D eigenvalue weighted by molar-refractivity contribution is -0.129. The second-order valence-electron chi connectivity index (χ2n) is 2.56. The van der Waals surface area contributed by atoms with Gasteiger partial charge in [0.25, 0.3) is 0 Å². The van der Waals surface area contributed by atoms with Crippen LogP contribution in [0.1, 0.15) is 6.42 Å². The molecule has 0 aromatic carbocycles. The second kappa shape index (κ2) is 3.46. The second-order valence-corrected chi connectivity index (χ2v) is 2.56. The number of hydrogen-bond donors (Lipinski definition) is 4. The highest BCUT2D eigenvalue weighted by atomic mass is 16.6. The minimum atomic E-state index is -1.33. The van der Waals surface area contributed by atoms with Gasteiger partial charge in [-0.1, -0.05) is 0 Å². The molecule has 5 nitrogen and oxygen atoms in total. The molecule has 0 amide bonds. The molecule has 1 fully saturated rings. The third-order valence-electron chi connectivity index (χ3n) is 1.75. The van der Waals surface area contributed by atoms with Gasteiger partial charge in [-0.3, -0.25) is 0 Å². The summed E-state index contributed by atoms with van der Waals surface area (Å²) in [6.07, 6.45) is -4.13. The van der Waals surface area contributed by atoms with Crippen LogP contribution in [0.5, 0.6) is 0 Å². The lowest BCUT2D eigenvalue weighted by Gasteiger charge is -2.11. The number of rotatable bonds is 2. The van der Waals surface area contributed by atoms with Crippen LogP contribution in [0.3, 0.4) is 0 Å². The molecule has 1 aliphatic heterocycles. The summed E-state index contributed by atoms with van der Waals surface area (Å²) in [7, 11) is 0. The molecule has 1 heterocycles. The Labute approximate surface area is 63.8 Å². The van der Waals surface area contributed by atoms with Gasteiger partial charge in [0, 0.05) is 6.61 Å². The van der Waals surface area contributed by atoms with Gasteiger partial charge in [-0.05, 0) is 6.42 Å². The molecule has 0 aromatic rings. The largest absolute Gasteiger partial charge is 0.396 e. The van der Waals surface area contributed by atoms with Crippen molar-refractivity contribution >= 4 is 0 Å². The van der Waals surface area contributed by atoms with Gasteiger partial charge >= 0.3 is 0 Å². The molecule has 1 rings (SSSR count). The van der Waals surface area contributed by atoms with E-state index < -0.39 is 24.6 Å². The van der Waals surface area contributed by atoms with E-state index in [1.54, 1.807) is 0 Å². The summed E-state index contributed by atoms with van der Waals surface area (Å²) in [6.45, 7) is -0.138. The predicted molar refractivity (Wildman–Crippen MR) is 34.6 cm³/mol. The molecule has 4 N–H and O–H groups in total. The molecule has 0 saturated carbocycles. The average molecular weight is 164 g/mol. The summed E-state index contributed by atoms with van der Waals surface area (Å²) in [6, 6.07) is 0. The lowest BCUT2D eigenvalue weighted by atomic mass is 10.1. The molecule has 1 saturated heterocycles. The summed E-state index contributed by atoms with van der Waals surface area (Å²) in [5, 5.41) is 35.4. The summed E-state index contributed by atoms with van der Waals surface area (Å²) in [4.78, 5) is 0. The topological polar surface area (TPSA) is 90.2 Å². The first-order chi connectivity index (χ1) is 5.16. The fourth-order valence-electron chi connectivity index (χ4n) is 1.09. The van der Waals surface area contributed by atoms with Crippen molar-refractivity contribution in [3.8, 4) is 0 Å². The fraction of sp³-hybridized carbons (Fsp3) is 1.00. The van der Waals surface area contributed by atoms with Crippen LogP contribution in [0.2, 0.25) is 0 Å². The van der Waals surface area contributed by atoms with E-state index in [0.29, 0.717) is 0 Å². The third kappa shape index (κ3) is 1.69. The molecule has 0 spiro atoms. The first-order valence-corrected chi connectivity index (χ1v) is 3.47. The van der Waals surface area contributed by atoms with Crippen LogP contribution in [-0.2, 0) is 4.74 Å². The molecule has 0 radical (unpaired) electrons. The van der Waals surface area contributed by atoms with Gasteiger partial charge in [0.2, 0.25) is 0 Å². The van der Waals surface area contributed by atoms with E-state index in [1.807, 2.05) is 0 Å². The summed E-state index contributed by atoms with van der Waals surface area (Å²) < 4.78 is 4.72. The third-order valence-corrected chi connectivity index (χ3v) is 1.75. The first kappa shape index (κ1) is 8.89. The Hall–Kier alpha value is -0.200. The zero-order valence-electron chi connectivity index (χ0n) is 5.92. The minimum Gasteiger partial charge on any atom is -0.396 e. The molecule has 0 bridgehead atoms. The highest BCUT2D eigenvalue weighted by Gasteiger charge is 2.40. The maximum Gasteiger partial charge on any atom is 0.183 e. The van der Waals surface area contributed by atoms with Crippen LogP contribution in [0.15, 0.2) is 0 Å². The monoisotopic (exact) mass is 164 g/mol. The van der Waals surface area contributed by atoms with Gasteiger partial charge in [0.1, 0.15) is 12.2 Å². The van der Waals surface area contributed by atoms with Gasteiger partial charge in [-0.2, -0.15) is 0 Å². The van der Waals surface area contributed by atoms with Crippen molar-refractivity contribution in [1.29, 1.82) is 0 Å². The number of aliphatic hydroxyl groups excluding tert-OH is 4. The van der Waals surface area contributed by atoms with Crippen LogP contribution in [0.4, 0.5) is 0 Å². The molecule has 0 aromatic heterocycles. The van der Waals surface area contributed by atoms with Crippen LogP contribution in [0, 0.1) is 0 Å². The molecular weight excluding hydrogens is 152 g/mol. The average Bonchev–Trinajstić information content (AvgIpc) is 2.19. The quantitative estimate of drug-likeness (QED) is 0.372. The van der Waals surface area contributed by atoms with Crippen molar-refractivity contribution in [3.05, 3.63) is 0 Å². The Kier molecular flexibility index (Phi) is 2.80.